The second-order valence-corrected chi connectivity index (χ2v) is 5.91. The van der Waals surface area contributed by atoms with Crippen molar-refractivity contribution in [1.29, 1.82) is 0 Å². The molecule has 0 radical (unpaired) electrons. The van der Waals surface area contributed by atoms with Crippen LogP contribution in [-0.4, -0.2) is 13.7 Å². The summed E-state index contributed by atoms with van der Waals surface area (Å²) in [6.45, 7) is 2.87. The van der Waals surface area contributed by atoms with Gasteiger partial charge in [0.2, 0.25) is 0 Å². The largest absolute Gasteiger partial charge is 0.493 e. The topological polar surface area (TPSA) is 21.3 Å². The Kier molecular flexibility index (Phi) is 5.86. The van der Waals surface area contributed by atoms with Crippen LogP contribution in [0.1, 0.15) is 30.5 Å². The molecule has 106 valence electrons. The average molecular weight is 381 g/mol. The van der Waals surface area contributed by atoms with Crippen molar-refractivity contribution in [2.45, 2.75) is 19.4 Å². The van der Waals surface area contributed by atoms with E-state index in [0.29, 0.717) is 0 Å². The normalized spacial score (nSPS) is 12.2. The number of ether oxygens (including phenoxy) is 1. The molecule has 0 aliphatic rings. The molecule has 0 bridgehead atoms. The molecule has 0 aromatic heterocycles. The van der Waals surface area contributed by atoms with Crippen molar-refractivity contribution in [1.82, 2.24) is 5.32 Å². The Hall–Kier alpha value is -1.07. The molecule has 2 rings (SSSR count). The zero-order chi connectivity index (χ0) is 14.4. The van der Waals surface area contributed by atoms with Gasteiger partial charge in [-0.1, -0.05) is 37.3 Å². The van der Waals surface area contributed by atoms with Gasteiger partial charge in [0.05, 0.1) is 12.6 Å². The molecular weight excluding hydrogens is 361 g/mol. The summed E-state index contributed by atoms with van der Waals surface area (Å²) in [5, 5.41) is 3.39. The molecule has 0 amide bonds. The lowest BCUT2D eigenvalue weighted by atomic mass is 9.98. The van der Waals surface area contributed by atoms with Crippen LogP contribution in [0.3, 0.4) is 0 Å². The van der Waals surface area contributed by atoms with Gasteiger partial charge < -0.3 is 10.1 Å². The van der Waals surface area contributed by atoms with Crippen molar-refractivity contribution in [3.63, 3.8) is 0 Å². The van der Waals surface area contributed by atoms with Crippen molar-refractivity contribution in [3.8, 4) is 5.75 Å². The number of hydrogen-bond acceptors (Lipinski definition) is 2. The molecule has 3 heteroatoms. The van der Waals surface area contributed by atoms with E-state index in [-0.39, 0.29) is 6.04 Å². The van der Waals surface area contributed by atoms with Crippen LogP contribution < -0.4 is 10.1 Å². The summed E-state index contributed by atoms with van der Waals surface area (Å²) in [7, 11) is 1.99. The van der Waals surface area contributed by atoms with Crippen LogP contribution in [0, 0.1) is 3.57 Å². The lowest BCUT2D eigenvalue weighted by molar-refractivity contribution is 0.312. The van der Waals surface area contributed by atoms with Crippen LogP contribution in [0.25, 0.3) is 0 Å². The Morgan fingerprint density at radius 2 is 1.80 bits per heavy atom. The van der Waals surface area contributed by atoms with E-state index in [0.717, 1.165) is 18.8 Å². The van der Waals surface area contributed by atoms with E-state index < -0.39 is 0 Å². The van der Waals surface area contributed by atoms with Gasteiger partial charge in [-0.05, 0) is 59.8 Å². The van der Waals surface area contributed by atoms with Gasteiger partial charge in [-0.25, -0.2) is 0 Å². The van der Waals surface area contributed by atoms with E-state index in [9.17, 15) is 0 Å². The summed E-state index contributed by atoms with van der Waals surface area (Å²) in [4.78, 5) is 0. The standard InChI is InChI=1S/C17H20INO/c1-3-12-20-16-7-5-4-6-15(16)17(19-2)13-8-10-14(18)11-9-13/h4-11,17,19H,3,12H2,1-2H3. The first-order valence-corrected chi connectivity index (χ1v) is 7.98. The zero-order valence-electron chi connectivity index (χ0n) is 11.9. The molecule has 0 saturated carbocycles. The molecule has 1 N–H and O–H groups in total. The van der Waals surface area contributed by atoms with Crippen molar-refractivity contribution < 1.29 is 4.74 Å². The lowest BCUT2D eigenvalue weighted by Gasteiger charge is -2.20. The molecule has 1 atom stereocenters. The maximum Gasteiger partial charge on any atom is 0.124 e. The predicted molar refractivity (Wildman–Crippen MR) is 92.3 cm³/mol. The van der Waals surface area contributed by atoms with Crippen LogP contribution in [0.5, 0.6) is 5.75 Å². The van der Waals surface area contributed by atoms with Crippen molar-refractivity contribution in [2.24, 2.45) is 0 Å². The summed E-state index contributed by atoms with van der Waals surface area (Å²) in [5.41, 5.74) is 2.44. The van der Waals surface area contributed by atoms with Crippen LogP contribution in [0.2, 0.25) is 0 Å². The highest BCUT2D eigenvalue weighted by Crippen LogP contribution is 2.30. The fourth-order valence-corrected chi connectivity index (χ4v) is 2.58. The summed E-state index contributed by atoms with van der Waals surface area (Å²) < 4.78 is 7.12. The third-order valence-corrected chi connectivity index (χ3v) is 3.90. The maximum atomic E-state index is 5.87. The van der Waals surface area contributed by atoms with E-state index in [1.165, 1.54) is 14.7 Å². The molecule has 0 heterocycles. The number of para-hydroxylation sites is 1. The second kappa shape index (κ2) is 7.64. The highest BCUT2D eigenvalue weighted by molar-refractivity contribution is 14.1. The first-order valence-electron chi connectivity index (χ1n) is 6.90. The van der Waals surface area contributed by atoms with E-state index in [1.54, 1.807) is 0 Å². The monoisotopic (exact) mass is 381 g/mol. The van der Waals surface area contributed by atoms with Crippen molar-refractivity contribution >= 4 is 22.6 Å². The third-order valence-electron chi connectivity index (χ3n) is 3.18. The molecular formula is C17H20INO. The van der Waals surface area contributed by atoms with Gasteiger partial charge >= 0.3 is 0 Å². The number of rotatable bonds is 6. The number of nitrogens with one attached hydrogen (secondary N) is 1. The average Bonchev–Trinajstić information content (AvgIpc) is 2.49. The second-order valence-electron chi connectivity index (χ2n) is 4.66. The third kappa shape index (κ3) is 3.73. The molecule has 2 nitrogen and oxygen atoms in total. The van der Waals surface area contributed by atoms with Crippen LogP contribution >= 0.6 is 22.6 Å². The van der Waals surface area contributed by atoms with Gasteiger partial charge in [0.15, 0.2) is 0 Å². The van der Waals surface area contributed by atoms with E-state index in [4.69, 9.17) is 4.74 Å². The molecule has 0 aliphatic carbocycles. The zero-order valence-corrected chi connectivity index (χ0v) is 14.1. The molecule has 0 saturated heterocycles. The minimum atomic E-state index is 0.153. The van der Waals surface area contributed by atoms with Crippen molar-refractivity contribution in [2.75, 3.05) is 13.7 Å². The highest BCUT2D eigenvalue weighted by atomic mass is 127. The molecule has 1 unspecified atom stereocenters. The van der Waals surface area contributed by atoms with Gasteiger partial charge in [-0.3, -0.25) is 0 Å². The maximum absolute atomic E-state index is 5.87. The molecule has 0 aliphatic heterocycles. The molecule has 20 heavy (non-hydrogen) atoms. The first kappa shape index (κ1) is 15.3. The molecule has 0 fully saturated rings. The van der Waals surface area contributed by atoms with Gasteiger partial charge in [0.25, 0.3) is 0 Å². The molecule has 0 spiro atoms. The van der Waals surface area contributed by atoms with Crippen LogP contribution in [0.15, 0.2) is 48.5 Å². The Bertz CT molecular complexity index is 539. The van der Waals surface area contributed by atoms with E-state index in [1.807, 2.05) is 19.2 Å². The lowest BCUT2D eigenvalue weighted by Crippen LogP contribution is -2.18. The number of benzene rings is 2. The molecule has 2 aromatic rings. The minimum absolute atomic E-state index is 0.153. The summed E-state index contributed by atoms with van der Waals surface area (Å²) in [5.74, 6) is 0.965. The highest BCUT2D eigenvalue weighted by Gasteiger charge is 2.16. The summed E-state index contributed by atoms with van der Waals surface area (Å²) in [6.07, 6.45) is 1.02. The van der Waals surface area contributed by atoms with E-state index in [2.05, 4.69) is 71.2 Å². The predicted octanol–water partition coefficient (Wildman–Crippen LogP) is 4.39. The fourth-order valence-electron chi connectivity index (χ4n) is 2.22. The smallest absolute Gasteiger partial charge is 0.124 e. The Balaban J connectivity index is 2.33. The van der Waals surface area contributed by atoms with Gasteiger partial charge in [-0.15, -0.1) is 0 Å². The minimum Gasteiger partial charge on any atom is -0.493 e. The summed E-state index contributed by atoms with van der Waals surface area (Å²) >= 11 is 2.33. The van der Waals surface area contributed by atoms with Gasteiger partial charge in [-0.2, -0.15) is 0 Å². The fraction of sp³-hybridized carbons (Fsp3) is 0.294. The number of hydrogen-bond donors (Lipinski definition) is 1. The van der Waals surface area contributed by atoms with E-state index >= 15 is 0 Å². The van der Waals surface area contributed by atoms with Gasteiger partial charge in [0.1, 0.15) is 5.75 Å². The molecule has 2 aromatic carbocycles. The van der Waals surface area contributed by atoms with Crippen LogP contribution in [-0.2, 0) is 0 Å². The van der Waals surface area contributed by atoms with Crippen LogP contribution in [0.4, 0.5) is 0 Å². The van der Waals surface area contributed by atoms with Crippen molar-refractivity contribution in [3.05, 3.63) is 63.2 Å². The Labute approximate surface area is 134 Å². The Morgan fingerprint density at radius 3 is 2.45 bits per heavy atom. The summed E-state index contributed by atoms with van der Waals surface area (Å²) in [6, 6.07) is 17.0. The quantitative estimate of drug-likeness (QED) is 0.750. The van der Waals surface area contributed by atoms with Gasteiger partial charge in [0, 0.05) is 9.13 Å². The number of halogens is 1. The Morgan fingerprint density at radius 1 is 1.10 bits per heavy atom. The SMILES string of the molecule is CCCOc1ccccc1C(NC)c1ccc(I)cc1. The first-order chi connectivity index (χ1) is 9.76.